The molecule has 1 unspecified atom stereocenters. The van der Waals surface area contributed by atoms with Crippen LogP contribution in [0.1, 0.15) is 18.6 Å². The van der Waals surface area contributed by atoms with Crippen LogP contribution in [-0.4, -0.2) is 10.1 Å². The largest absolute Gasteiger partial charge is 0.384 e. The first-order chi connectivity index (χ1) is 7.20. The topological polar surface area (TPSA) is 33.1 Å². The molecule has 0 saturated heterocycles. The Bertz CT molecular complexity index is 499. The van der Waals surface area contributed by atoms with Crippen molar-refractivity contribution in [3.63, 3.8) is 0 Å². The zero-order chi connectivity index (χ0) is 10.8. The van der Waals surface area contributed by atoms with Crippen molar-refractivity contribution in [2.45, 2.75) is 13.0 Å². The third-order valence-corrected chi connectivity index (χ3v) is 2.44. The second-order valence-electron chi connectivity index (χ2n) is 3.67. The van der Waals surface area contributed by atoms with Crippen LogP contribution >= 0.6 is 0 Å². The van der Waals surface area contributed by atoms with E-state index in [1.807, 2.05) is 37.3 Å². The molecule has 0 bridgehead atoms. The Labute approximate surface area is 88.9 Å². The molecule has 0 aliphatic heterocycles. The van der Waals surface area contributed by atoms with E-state index >= 15 is 0 Å². The number of nitrogens with zero attached hydrogens (tertiary/aromatic N) is 1. The maximum Gasteiger partial charge on any atom is 0.100 e. The second kappa shape index (κ2) is 3.83. The summed E-state index contributed by atoms with van der Waals surface area (Å²) in [5.74, 6) is 0. The number of rotatable bonds is 2. The molecule has 2 rings (SSSR count). The van der Waals surface area contributed by atoms with E-state index in [2.05, 4.69) is 11.6 Å². The van der Waals surface area contributed by atoms with E-state index in [9.17, 15) is 5.11 Å². The Morgan fingerprint density at radius 2 is 2.07 bits per heavy atom. The monoisotopic (exact) mass is 199 g/mol. The molecule has 2 nitrogen and oxygen atoms in total. The molecule has 0 radical (unpaired) electrons. The Morgan fingerprint density at radius 3 is 2.80 bits per heavy atom. The van der Waals surface area contributed by atoms with Gasteiger partial charge in [0, 0.05) is 11.6 Å². The lowest BCUT2D eigenvalue weighted by Gasteiger charge is -2.12. The van der Waals surface area contributed by atoms with Crippen molar-refractivity contribution in [3.8, 4) is 0 Å². The summed E-state index contributed by atoms with van der Waals surface area (Å²) < 4.78 is 0. The van der Waals surface area contributed by atoms with Crippen LogP contribution in [0.5, 0.6) is 0 Å². The predicted octanol–water partition coefficient (Wildman–Crippen LogP) is 2.84. The van der Waals surface area contributed by atoms with Crippen LogP contribution in [0.2, 0.25) is 0 Å². The number of fused-ring (bicyclic) bond motifs is 1. The van der Waals surface area contributed by atoms with Crippen LogP contribution in [-0.2, 0) is 0 Å². The van der Waals surface area contributed by atoms with E-state index in [-0.39, 0.29) is 0 Å². The van der Waals surface area contributed by atoms with E-state index in [1.54, 1.807) is 6.20 Å². The molecular formula is C13H13NO. The molecule has 1 N–H and O–H groups in total. The number of aliphatic hydroxyl groups is 1. The fourth-order valence-corrected chi connectivity index (χ4v) is 1.62. The van der Waals surface area contributed by atoms with Gasteiger partial charge in [0.1, 0.15) is 6.10 Å². The molecule has 0 spiro atoms. The molecule has 0 aliphatic rings. The zero-order valence-electron chi connectivity index (χ0n) is 8.64. The van der Waals surface area contributed by atoms with Gasteiger partial charge >= 0.3 is 0 Å². The molecule has 76 valence electrons. The van der Waals surface area contributed by atoms with Crippen LogP contribution < -0.4 is 0 Å². The summed E-state index contributed by atoms with van der Waals surface area (Å²) in [6.07, 6.45) is 1.10. The Morgan fingerprint density at radius 1 is 1.33 bits per heavy atom. The Kier molecular flexibility index (Phi) is 2.52. The summed E-state index contributed by atoms with van der Waals surface area (Å²) in [4.78, 5) is 4.24. The van der Waals surface area contributed by atoms with Crippen molar-refractivity contribution < 1.29 is 5.11 Å². The summed E-state index contributed by atoms with van der Waals surface area (Å²) in [7, 11) is 0. The summed E-state index contributed by atoms with van der Waals surface area (Å²) in [5.41, 5.74) is 2.51. The lowest BCUT2D eigenvalue weighted by atomic mass is 10.0. The van der Waals surface area contributed by atoms with Gasteiger partial charge in [0.25, 0.3) is 0 Å². The standard InChI is InChI=1S/C13H13NO/c1-9(2)13(15)11-7-8-14-12-6-4-3-5-10(11)12/h3-8,13,15H,1H2,2H3. The lowest BCUT2D eigenvalue weighted by molar-refractivity contribution is 0.218. The number of hydrogen-bond acceptors (Lipinski definition) is 2. The van der Waals surface area contributed by atoms with Crippen molar-refractivity contribution in [2.75, 3.05) is 0 Å². The smallest absolute Gasteiger partial charge is 0.100 e. The van der Waals surface area contributed by atoms with Crippen molar-refractivity contribution in [1.82, 2.24) is 4.98 Å². The molecule has 0 amide bonds. The molecule has 2 aromatic rings. The van der Waals surface area contributed by atoms with Crippen LogP contribution in [0.25, 0.3) is 10.9 Å². The molecular weight excluding hydrogens is 186 g/mol. The van der Waals surface area contributed by atoms with Crippen LogP contribution in [0.4, 0.5) is 0 Å². The Balaban J connectivity index is 2.65. The van der Waals surface area contributed by atoms with Gasteiger partial charge in [-0.25, -0.2) is 0 Å². The minimum absolute atomic E-state index is 0.613. The molecule has 0 saturated carbocycles. The van der Waals surface area contributed by atoms with Crippen molar-refractivity contribution in [1.29, 1.82) is 0 Å². The van der Waals surface area contributed by atoms with E-state index in [0.717, 1.165) is 22.0 Å². The summed E-state index contributed by atoms with van der Waals surface area (Å²) in [5, 5.41) is 11.0. The van der Waals surface area contributed by atoms with Gasteiger partial charge in [-0.1, -0.05) is 24.8 Å². The molecule has 1 aromatic heterocycles. The highest BCUT2D eigenvalue weighted by molar-refractivity contribution is 5.82. The molecule has 1 atom stereocenters. The third kappa shape index (κ3) is 1.76. The number of aromatic nitrogens is 1. The fraction of sp³-hybridized carbons (Fsp3) is 0.154. The fourth-order valence-electron chi connectivity index (χ4n) is 1.62. The highest BCUT2D eigenvalue weighted by atomic mass is 16.3. The van der Waals surface area contributed by atoms with Crippen molar-refractivity contribution in [3.05, 3.63) is 54.2 Å². The van der Waals surface area contributed by atoms with Crippen molar-refractivity contribution in [2.24, 2.45) is 0 Å². The highest BCUT2D eigenvalue weighted by Crippen LogP contribution is 2.26. The minimum Gasteiger partial charge on any atom is -0.384 e. The minimum atomic E-state index is -0.613. The van der Waals surface area contributed by atoms with Gasteiger partial charge in [0.2, 0.25) is 0 Å². The zero-order valence-corrected chi connectivity index (χ0v) is 8.64. The van der Waals surface area contributed by atoms with Crippen LogP contribution in [0.3, 0.4) is 0 Å². The number of para-hydroxylation sites is 1. The van der Waals surface area contributed by atoms with Gasteiger partial charge in [-0.05, 0) is 30.2 Å². The first-order valence-corrected chi connectivity index (χ1v) is 4.87. The average Bonchev–Trinajstić information content (AvgIpc) is 2.27. The van der Waals surface area contributed by atoms with Gasteiger partial charge < -0.3 is 5.11 Å². The molecule has 1 heterocycles. The average molecular weight is 199 g/mol. The van der Waals surface area contributed by atoms with Gasteiger partial charge in [-0.15, -0.1) is 0 Å². The quantitative estimate of drug-likeness (QED) is 0.754. The number of hydrogen-bond donors (Lipinski definition) is 1. The van der Waals surface area contributed by atoms with E-state index in [0.29, 0.717) is 0 Å². The first-order valence-electron chi connectivity index (χ1n) is 4.87. The highest BCUT2D eigenvalue weighted by Gasteiger charge is 2.11. The van der Waals surface area contributed by atoms with Crippen LogP contribution in [0.15, 0.2) is 48.7 Å². The number of benzene rings is 1. The van der Waals surface area contributed by atoms with Gasteiger partial charge in [0.15, 0.2) is 0 Å². The SMILES string of the molecule is C=C(C)C(O)c1ccnc2ccccc12. The molecule has 15 heavy (non-hydrogen) atoms. The number of pyridine rings is 1. The van der Waals surface area contributed by atoms with E-state index in [4.69, 9.17) is 0 Å². The molecule has 2 heteroatoms. The molecule has 0 fully saturated rings. The predicted molar refractivity (Wildman–Crippen MR) is 61.5 cm³/mol. The second-order valence-corrected chi connectivity index (χ2v) is 3.67. The Hall–Kier alpha value is -1.67. The van der Waals surface area contributed by atoms with Crippen LogP contribution in [0, 0.1) is 0 Å². The van der Waals surface area contributed by atoms with E-state index in [1.165, 1.54) is 0 Å². The summed E-state index contributed by atoms with van der Waals surface area (Å²) >= 11 is 0. The van der Waals surface area contributed by atoms with Gasteiger partial charge in [-0.2, -0.15) is 0 Å². The number of aliphatic hydroxyl groups excluding tert-OH is 1. The molecule has 1 aromatic carbocycles. The summed E-state index contributed by atoms with van der Waals surface area (Å²) in [6, 6.07) is 9.61. The van der Waals surface area contributed by atoms with Crippen molar-refractivity contribution >= 4 is 10.9 Å². The maximum absolute atomic E-state index is 9.97. The van der Waals surface area contributed by atoms with E-state index < -0.39 is 6.10 Å². The lowest BCUT2D eigenvalue weighted by Crippen LogP contribution is -1.99. The van der Waals surface area contributed by atoms with Gasteiger partial charge in [-0.3, -0.25) is 4.98 Å². The molecule has 0 aliphatic carbocycles. The summed E-state index contributed by atoms with van der Waals surface area (Å²) in [6.45, 7) is 5.59. The third-order valence-electron chi connectivity index (χ3n) is 2.44. The van der Waals surface area contributed by atoms with Gasteiger partial charge in [0.05, 0.1) is 5.52 Å². The maximum atomic E-state index is 9.97. The normalized spacial score (nSPS) is 12.7. The first kappa shape index (κ1) is 9.87.